The summed E-state index contributed by atoms with van der Waals surface area (Å²) in [7, 11) is 0. The quantitative estimate of drug-likeness (QED) is 0.869. The van der Waals surface area contributed by atoms with Gasteiger partial charge in [0.05, 0.1) is 5.92 Å². The van der Waals surface area contributed by atoms with E-state index in [-0.39, 0.29) is 11.8 Å². The van der Waals surface area contributed by atoms with Crippen molar-refractivity contribution in [2.24, 2.45) is 0 Å². The molecule has 1 N–H and O–H groups in total. The summed E-state index contributed by atoms with van der Waals surface area (Å²) in [5.41, 5.74) is 4.79. The Labute approximate surface area is 156 Å². The molecule has 4 rings (SSSR count). The Morgan fingerprint density at radius 2 is 1.77 bits per heavy atom. The van der Waals surface area contributed by atoms with Gasteiger partial charge in [-0.15, -0.1) is 0 Å². The molecule has 2 aromatic carbocycles. The number of carbonyl (C=O) groups is 1. The largest absolute Gasteiger partial charge is 0.326 e. The van der Waals surface area contributed by atoms with Crippen molar-refractivity contribution in [3.05, 3.63) is 65.2 Å². The third kappa shape index (κ3) is 3.99. The number of carbonyl (C=O) groups excluding carboxylic acids is 1. The van der Waals surface area contributed by atoms with Gasteiger partial charge in [-0.2, -0.15) is 0 Å². The van der Waals surface area contributed by atoms with E-state index >= 15 is 0 Å². The smallest absolute Gasteiger partial charge is 0.231 e. The lowest BCUT2D eigenvalue weighted by Gasteiger charge is -2.24. The molecule has 0 unspecified atom stereocenters. The first-order valence-electron chi connectivity index (χ1n) is 9.99. The zero-order valence-corrected chi connectivity index (χ0v) is 15.4. The summed E-state index contributed by atoms with van der Waals surface area (Å²) in [6.07, 6.45) is 6.89. The van der Waals surface area contributed by atoms with Crippen LogP contribution in [0, 0.1) is 0 Å². The molecule has 1 heterocycles. The number of amides is 1. The molecule has 0 radical (unpaired) electrons. The van der Waals surface area contributed by atoms with Crippen LogP contribution in [0.2, 0.25) is 0 Å². The topological polar surface area (TPSA) is 32.3 Å². The second-order valence-electron chi connectivity index (χ2n) is 7.63. The van der Waals surface area contributed by atoms with E-state index in [1.165, 1.54) is 42.6 Å². The van der Waals surface area contributed by atoms with Crippen LogP contribution in [0.5, 0.6) is 0 Å². The van der Waals surface area contributed by atoms with Gasteiger partial charge in [0.2, 0.25) is 5.91 Å². The summed E-state index contributed by atoms with van der Waals surface area (Å²) in [4.78, 5) is 15.3. The van der Waals surface area contributed by atoms with Crippen molar-refractivity contribution in [1.82, 2.24) is 4.90 Å². The molecule has 3 heteroatoms. The fraction of sp³-hybridized carbons (Fsp3) is 0.435. The number of nitrogens with zero attached hydrogens (tertiary/aromatic N) is 1. The normalized spacial score (nSPS) is 19.9. The van der Waals surface area contributed by atoms with Crippen molar-refractivity contribution in [3.8, 4) is 0 Å². The highest BCUT2D eigenvalue weighted by Crippen LogP contribution is 2.32. The predicted molar refractivity (Wildman–Crippen MR) is 107 cm³/mol. The molecule has 1 atom stereocenters. The Bertz CT molecular complexity index is 747. The Morgan fingerprint density at radius 3 is 2.58 bits per heavy atom. The van der Waals surface area contributed by atoms with Crippen LogP contribution in [0.25, 0.3) is 0 Å². The van der Waals surface area contributed by atoms with E-state index in [0.29, 0.717) is 0 Å². The number of nitrogens with one attached hydrogen (secondary N) is 1. The minimum atomic E-state index is -0.0187. The van der Waals surface area contributed by atoms with Crippen LogP contribution >= 0.6 is 0 Å². The van der Waals surface area contributed by atoms with Crippen molar-refractivity contribution >= 4 is 11.6 Å². The van der Waals surface area contributed by atoms with E-state index in [4.69, 9.17) is 0 Å². The Kier molecular flexibility index (Phi) is 5.35. The minimum Gasteiger partial charge on any atom is -0.326 e. The molecule has 1 saturated heterocycles. The monoisotopic (exact) mass is 348 g/mol. The molecule has 3 nitrogen and oxygen atoms in total. The molecule has 0 aromatic heterocycles. The molecule has 2 aromatic rings. The summed E-state index contributed by atoms with van der Waals surface area (Å²) < 4.78 is 0. The summed E-state index contributed by atoms with van der Waals surface area (Å²) in [5.74, 6) is 0.108. The van der Waals surface area contributed by atoms with E-state index in [1.54, 1.807) is 0 Å². The van der Waals surface area contributed by atoms with Crippen molar-refractivity contribution < 1.29 is 4.79 Å². The summed E-state index contributed by atoms with van der Waals surface area (Å²) >= 11 is 0. The fourth-order valence-electron chi connectivity index (χ4n) is 4.30. The van der Waals surface area contributed by atoms with Crippen LogP contribution in [-0.2, 0) is 17.6 Å². The molecule has 2 aliphatic rings. The van der Waals surface area contributed by atoms with Crippen LogP contribution in [0.3, 0.4) is 0 Å². The van der Waals surface area contributed by atoms with Crippen molar-refractivity contribution in [2.75, 3.05) is 25.0 Å². The number of rotatable bonds is 5. The van der Waals surface area contributed by atoms with E-state index in [0.717, 1.165) is 37.9 Å². The van der Waals surface area contributed by atoms with Gasteiger partial charge in [-0.1, -0.05) is 36.4 Å². The van der Waals surface area contributed by atoms with Crippen molar-refractivity contribution in [1.29, 1.82) is 0 Å². The number of hydrogen-bond acceptors (Lipinski definition) is 2. The number of hydrogen-bond donors (Lipinski definition) is 1. The zero-order chi connectivity index (χ0) is 17.8. The molecule has 1 amide bonds. The second kappa shape index (κ2) is 8.05. The Balaban J connectivity index is 1.36. The molecule has 0 bridgehead atoms. The van der Waals surface area contributed by atoms with Crippen LogP contribution in [0.4, 0.5) is 5.69 Å². The van der Waals surface area contributed by atoms with Gasteiger partial charge in [0, 0.05) is 12.2 Å². The van der Waals surface area contributed by atoms with E-state index in [9.17, 15) is 4.79 Å². The van der Waals surface area contributed by atoms with Gasteiger partial charge >= 0.3 is 0 Å². The van der Waals surface area contributed by atoms with Gasteiger partial charge in [-0.3, -0.25) is 4.79 Å². The number of benzene rings is 2. The van der Waals surface area contributed by atoms with E-state index < -0.39 is 0 Å². The Morgan fingerprint density at radius 1 is 1.00 bits per heavy atom. The van der Waals surface area contributed by atoms with Gasteiger partial charge in [0.25, 0.3) is 0 Å². The number of anilines is 1. The predicted octanol–water partition coefficient (Wildman–Crippen LogP) is 4.38. The highest BCUT2D eigenvalue weighted by molar-refractivity contribution is 5.96. The summed E-state index contributed by atoms with van der Waals surface area (Å²) in [5, 5.41) is 3.13. The lowest BCUT2D eigenvalue weighted by molar-refractivity contribution is -0.117. The molecule has 0 spiro atoms. The van der Waals surface area contributed by atoms with Gasteiger partial charge in [-0.05, 0) is 80.4 Å². The van der Waals surface area contributed by atoms with Gasteiger partial charge < -0.3 is 10.2 Å². The zero-order valence-electron chi connectivity index (χ0n) is 15.4. The molecule has 0 saturated carbocycles. The first-order valence-corrected chi connectivity index (χ1v) is 9.99. The van der Waals surface area contributed by atoms with Crippen molar-refractivity contribution in [3.63, 3.8) is 0 Å². The molecule has 1 aliphatic carbocycles. The van der Waals surface area contributed by atoms with Gasteiger partial charge in [-0.25, -0.2) is 0 Å². The van der Waals surface area contributed by atoms with Gasteiger partial charge in [0.15, 0.2) is 0 Å². The molecule has 1 fully saturated rings. The molecule has 1 aliphatic heterocycles. The maximum absolute atomic E-state index is 12.8. The van der Waals surface area contributed by atoms with E-state index in [2.05, 4.69) is 40.5 Å². The lowest BCUT2D eigenvalue weighted by Crippen LogP contribution is -2.24. The fourth-order valence-corrected chi connectivity index (χ4v) is 4.30. The molecular weight excluding hydrogens is 320 g/mol. The summed E-state index contributed by atoms with van der Waals surface area (Å²) in [6, 6.07) is 16.8. The third-order valence-electron chi connectivity index (χ3n) is 5.82. The van der Waals surface area contributed by atoms with Crippen LogP contribution in [-0.4, -0.2) is 30.4 Å². The van der Waals surface area contributed by atoms with Crippen molar-refractivity contribution in [2.45, 2.75) is 44.4 Å². The van der Waals surface area contributed by atoms with E-state index in [1.807, 2.05) is 18.2 Å². The van der Waals surface area contributed by atoms with Crippen LogP contribution in [0.15, 0.2) is 48.5 Å². The average molecular weight is 348 g/mol. The first-order chi connectivity index (χ1) is 12.8. The standard InChI is InChI=1S/C23H28N2O/c26-23(22-9-5-7-19-6-1-2-8-21(19)22)24-20-12-10-18(11-13-20)14-17-25-15-3-4-16-25/h1-2,6,8,10-13,22H,3-5,7,9,14-17H2,(H,24,26)/t22-/m1/s1. The minimum absolute atomic E-state index is 0.0187. The number of aryl methyl sites for hydroxylation is 1. The van der Waals surface area contributed by atoms with Gasteiger partial charge in [0.1, 0.15) is 0 Å². The highest BCUT2D eigenvalue weighted by Gasteiger charge is 2.26. The van der Waals surface area contributed by atoms with Crippen LogP contribution in [0.1, 0.15) is 48.3 Å². The molecule has 26 heavy (non-hydrogen) atoms. The molecular formula is C23H28N2O. The summed E-state index contributed by atoms with van der Waals surface area (Å²) in [6.45, 7) is 3.64. The lowest BCUT2D eigenvalue weighted by atomic mass is 9.82. The van der Waals surface area contributed by atoms with Crippen LogP contribution < -0.4 is 5.32 Å². The maximum Gasteiger partial charge on any atom is 0.231 e. The average Bonchev–Trinajstić information content (AvgIpc) is 3.20. The number of fused-ring (bicyclic) bond motifs is 1. The Hall–Kier alpha value is -2.13. The highest BCUT2D eigenvalue weighted by atomic mass is 16.1. The molecule has 136 valence electrons. The first kappa shape index (κ1) is 17.3. The maximum atomic E-state index is 12.8. The SMILES string of the molecule is O=C(Nc1ccc(CCN2CCCC2)cc1)[C@@H]1CCCc2ccccc21. The number of likely N-dealkylation sites (tertiary alicyclic amines) is 1. The third-order valence-corrected chi connectivity index (χ3v) is 5.82. The second-order valence-corrected chi connectivity index (χ2v) is 7.63.